The Morgan fingerprint density at radius 3 is 2.67 bits per heavy atom. The number of para-hydroxylation sites is 1. The highest BCUT2D eigenvalue weighted by molar-refractivity contribution is 6.34. The van der Waals surface area contributed by atoms with E-state index in [-0.39, 0.29) is 0 Å². The zero-order valence-electron chi connectivity index (χ0n) is 9.58. The average Bonchev–Trinajstić information content (AvgIpc) is 2.36. The molecule has 0 spiro atoms. The fourth-order valence-electron chi connectivity index (χ4n) is 1.54. The number of benzene rings is 2. The summed E-state index contributed by atoms with van der Waals surface area (Å²) in [6.07, 6.45) is 0. The summed E-state index contributed by atoms with van der Waals surface area (Å²) in [7, 11) is 0. The third-order valence-corrected chi connectivity index (χ3v) is 2.98. The molecule has 0 aliphatic rings. The fraction of sp³-hybridized carbons (Fsp3) is 0.0714. The molecule has 18 heavy (non-hydrogen) atoms. The smallest absolute Gasteiger partial charge is 0.148 e. The van der Waals surface area contributed by atoms with Crippen LogP contribution >= 0.6 is 23.2 Å². The van der Waals surface area contributed by atoms with Gasteiger partial charge in [-0.1, -0.05) is 35.3 Å². The Balaban J connectivity index is 2.46. The third kappa shape index (κ3) is 2.59. The van der Waals surface area contributed by atoms with Gasteiger partial charge in [-0.05, 0) is 30.7 Å². The van der Waals surface area contributed by atoms with Crippen LogP contribution in [0, 0.1) is 18.3 Å². The van der Waals surface area contributed by atoms with Crippen molar-refractivity contribution in [1.82, 2.24) is 0 Å². The lowest BCUT2D eigenvalue weighted by Crippen LogP contribution is -1.92. The molecule has 90 valence electrons. The molecule has 2 nitrogen and oxygen atoms in total. The van der Waals surface area contributed by atoms with Crippen molar-refractivity contribution < 1.29 is 4.74 Å². The van der Waals surface area contributed by atoms with Crippen LogP contribution in [0.4, 0.5) is 0 Å². The minimum atomic E-state index is 0.440. The highest BCUT2D eigenvalue weighted by atomic mass is 35.5. The highest BCUT2D eigenvalue weighted by Gasteiger charge is 2.10. The summed E-state index contributed by atoms with van der Waals surface area (Å²) in [5.41, 5.74) is 1.33. The lowest BCUT2D eigenvalue weighted by atomic mass is 10.1. The summed E-state index contributed by atoms with van der Waals surface area (Å²) < 4.78 is 5.70. The molecular weight excluding hydrogens is 269 g/mol. The molecule has 0 aliphatic carbocycles. The van der Waals surface area contributed by atoms with Crippen LogP contribution < -0.4 is 4.74 Å². The molecule has 2 rings (SSSR count). The molecule has 0 aliphatic heterocycles. The van der Waals surface area contributed by atoms with Crippen molar-refractivity contribution in [3.8, 4) is 17.6 Å². The van der Waals surface area contributed by atoms with Gasteiger partial charge in [-0.15, -0.1) is 0 Å². The summed E-state index contributed by atoms with van der Waals surface area (Å²) in [5, 5.41) is 10.0. The monoisotopic (exact) mass is 277 g/mol. The fourth-order valence-corrected chi connectivity index (χ4v) is 1.86. The van der Waals surface area contributed by atoms with E-state index < -0.39 is 0 Å². The van der Waals surface area contributed by atoms with Gasteiger partial charge in [0.25, 0.3) is 0 Å². The van der Waals surface area contributed by atoms with Crippen LogP contribution in [0.3, 0.4) is 0 Å². The minimum Gasteiger partial charge on any atom is -0.454 e. The molecule has 0 heterocycles. The molecule has 2 aromatic carbocycles. The average molecular weight is 278 g/mol. The molecule has 2 aromatic rings. The lowest BCUT2D eigenvalue weighted by molar-refractivity contribution is 0.477. The first kappa shape index (κ1) is 12.8. The largest absolute Gasteiger partial charge is 0.454 e. The van der Waals surface area contributed by atoms with Crippen molar-refractivity contribution >= 4 is 23.2 Å². The molecule has 0 fully saturated rings. The number of rotatable bonds is 2. The molecule has 0 N–H and O–H groups in total. The predicted molar refractivity (Wildman–Crippen MR) is 72.4 cm³/mol. The van der Waals surface area contributed by atoms with Gasteiger partial charge in [-0.3, -0.25) is 0 Å². The number of nitrogens with zero attached hydrogens (tertiary/aromatic N) is 1. The van der Waals surface area contributed by atoms with Crippen molar-refractivity contribution in [2.75, 3.05) is 0 Å². The molecule has 0 aromatic heterocycles. The van der Waals surface area contributed by atoms with Gasteiger partial charge in [-0.25, -0.2) is 0 Å². The van der Waals surface area contributed by atoms with Crippen LogP contribution in [0.2, 0.25) is 10.0 Å². The zero-order chi connectivity index (χ0) is 13.1. The van der Waals surface area contributed by atoms with Crippen molar-refractivity contribution in [2.45, 2.75) is 6.92 Å². The quantitative estimate of drug-likeness (QED) is 0.777. The van der Waals surface area contributed by atoms with E-state index in [2.05, 4.69) is 6.07 Å². The van der Waals surface area contributed by atoms with Crippen LogP contribution in [-0.2, 0) is 0 Å². The van der Waals surface area contributed by atoms with Gasteiger partial charge in [0.15, 0.2) is 0 Å². The Labute approximate surface area is 115 Å². The standard InChI is InChI=1S/C14H9Cl2NO/c1-9-3-2-4-10(8-17)14(9)18-13-7-11(15)5-6-12(13)16/h2-7H,1H3. The zero-order valence-corrected chi connectivity index (χ0v) is 11.1. The Bertz CT molecular complexity index is 632. The molecule has 0 amide bonds. The molecular formula is C14H9Cl2NO. The molecule has 0 bridgehead atoms. The first-order chi connectivity index (χ1) is 8.61. The van der Waals surface area contributed by atoms with Crippen LogP contribution in [0.5, 0.6) is 11.5 Å². The van der Waals surface area contributed by atoms with Gasteiger partial charge >= 0.3 is 0 Å². The third-order valence-electron chi connectivity index (χ3n) is 2.44. The number of halogens is 2. The molecule has 0 saturated carbocycles. The first-order valence-corrected chi connectivity index (χ1v) is 6.00. The molecule has 4 heteroatoms. The van der Waals surface area contributed by atoms with Gasteiger partial charge in [0.2, 0.25) is 0 Å². The summed E-state index contributed by atoms with van der Waals surface area (Å²) in [4.78, 5) is 0. The molecule has 0 radical (unpaired) electrons. The van der Waals surface area contributed by atoms with E-state index >= 15 is 0 Å². The van der Waals surface area contributed by atoms with E-state index in [0.29, 0.717) is 27.1 Å². The summed E-state index contributed by atoms with van der Waals surface area (Å²) in [6, 6.07) is 12.4. The second-order valence-corrected chi connectivity index (χ2v) is 4.58. The number of hydrogen-bond acceptors (Lipinski definition) is 2. The topological polar surface area (TPSA) is 33.0 Å². The molecule has 0 atom stereocenters. The van der Waals surface area contributed by atoms with E-state index in [1.54, 1.807) is 30.3 Å². The Morgan fingerprint density at radius 2 is 1.94 bits per heavy atom. The normalized spacial score (nSPS) is 9.89. The number of aryl methyl sites for hydroxylation is 1. The van der Waals surface area contributed by atoms with Crippen LogP contribution in [-0.4, -0.2) is 0 Å². The van der Waals surface area contributed by atoms with Crippen LogP contribution in [0.1, 0.15) is 11.1 Å². The van der Waals surface area contributed by atoms with Crippen molar-refractivity contribution in [2.24, 2.45) is 0 Å². The van der Waals surface area contributed by atoms with Crippen molar-refractivity contribution in [3.63, 3.8) is 0 Å². The first-order valence-electron chi connectivity index (χ1n) is 5.24. The number of ether oxygens (including phenoxy) is 1. The predicted octanol–water partition coefficient (Wildman–Crippen LogP) is 4.97. The summed E-state index contributed by atoms with van der Waals surface area (Å²) >= 11 is 11.9. The lowest BCUT2D eigenvalue weighted by Gasteiger charge is -2.11. The SMILES string of the molecule is Cc1cccc(C#N)c1Oc1cc(Cl)ccc1Cl. The van der Waals surface area contributed by atoms with Crippen LogP contribution in [0.25, 0.3) is 0 Å². The second kappa shape index (κ2) is 5.30. The van der Waals surface area contributed by atoms with E-state index in [4.69, 9.17) is 33.2 Å². The van der Waals surface area contributed by atoms with E-state index in [1.165, 1.54) is 0 Å². The Morgan fingerprint density at radius 1 is 1.17 bits per heavy atom. The number of nitriles is 1. The van der Waals surface area contributed by atoms with Gasteiger partial charge in [0.1, 0.15) is 17.6 Å². The molecule has 0 saturated heterocycles. The summed E-state index contributed by atoms with van der Waals surface area (Å²) in [6.45, 7) is 1.87. The van der Waals surface area contributed by atoms with Gasteiger partial charge < -0.3 is 4.74 Å². The van der Waals surface area contributed by atoms with Gasteiger partial charge in [0.05, 0.1) is 10.6 Å². The number of hydrogen-bond donors (Lipinski definition) is 0. The van der Waals surface area contributed by atoms with Crippen molar-refractivity contribution in [1.29, 1.82) is 5.26 Å². The maximum Gasteiger partial charge on any atom is 0.148 e. The maximum absolute atomic E-state index is 9.06. The van der Waals surface area contributed by atoms with E-state index in [0.717, 1.165) is 5.56 Å². The maximum atomic E-state index is 9.06. The van der Waals surface area contributed by atoms with Crippen LogP contribution in [0.15, 0.2) is 36.4 Å². The highest BCUT2D eigenvalue weighted by Crippen LogP contribution is 2.34. The van der Waals surface area contributed by atoms with E-state index in [1.807, 2.05) is 13.0 Å². The van der Waals surface area contributed by atoms with Gasteiger partial charge in [-0.2, -0.15) is 5.26 Å². The molecule has 0 unspecified atom stereocenters. The minimum absolute atomic E-state index is 0.440. The Kier molecular flexibility index (Phi) is 3.76. The second-order valence-electron chi connectivity index (χ2n) is 3.74. The van der Waals surface area contributed by atoms with Gasteiger partial charge in [0, 0.05) is 11.1 Å². The summed E-state index contributed by atoms with van der Waals surface area (Å²) in [5.74, 6) is 0.944. The van der Waals surface area contributed by atoms with Crippen molar-refractivity contribution in [3.05, 3.63) is 57.6 Å². The Hall–Kier alpha value is -1.69. The van der Waals surface area contributed by atoms with E-state index in [9.17, 15) is 0 Å².